The Balaban J connectivity index is 1.67. The molecule has 0 bridgehead atoms. The quantitative estimate of drug-likeness (QED) is 0.562. The van der Waals surface area contributed by atoms with Crippen LogP contribution in [0.25, 0.3) is 0 Å². The second kappa shape index (κ2) is 10.9. The number of likely N-dealkylation sites (tertiary alicyclic amines) is 1. The Morgan fingerprint density at radius 1 is 1.25 bits per heavy atom. The minimum absolute atomic E-state index is 0.0339. The van der Waals surface area contributed by atoms with Crippen LogP contribution in [0.5, 0.6) is 23.3 Å². The summed E-state index contributed by atoms with van der Waals surface area (Å²) in [6, 6.07) is 4.27. The van der Waals surface area contributed by atoms with Crippen LogP contribution in [0, 0.1) is 12.7 Å². The molecule has 174 valence electrons. The van der Waals surface area contributed by atoms with Crippen molar-refractivity contribution in [3.05, 3.63) is 35.9 Å². The van der Waals surface area contributed by atoms with E-state index in [-0.39, 0.29) is 23.6 Å². The van der Waals surface area contributed by atoms with E-state index in [1.165, 1.54) is 23.4 Å². The Labute approximate surface area is 186 Å². The molecule has 3 rings (SSSR count). The fourth-order valence-electron chi connectivity index (χ4n) is 3.21. The monoisotopic (exact) mass is 449 g/mol. The van der Waals surface area contributed by atoms with E-state index in [1.807, 2.05) is 13.8 Å². The molecule has 1 aliphatic heterocycles. The van der Waals surface area contributed by atoms with Gasteiger partial charge in [0.2, 0.25) is 11.8 Å². The molecule has 0 radical (unpaired) electrons. The first kappa shape index (κ1) is 23.5. The number of amides is 1. The Morgan fingerprint density at radius 3 is 2.75 bits per heavy atom. The van der Waals surface area contributed by atoms with E-state index in [2.05, 4.69) is 9.97 Å². The number of ether oxygens (including phenoxy) is 4. The van der Waals surface area contributed by atoms with Gasteiger partial charge in [-0.1, -0.05) is 0 Å². The maximum Gasteiger partial charge on any atom is 0.410 e. The summed E-state index contributed by atoms with van der Waals surface area (Å²) in [7, 11) is 0. The van der Waals surface area contributed by atoms with Gasteiger partial charge in [-0.3, -0.25) is 4.90 Å². The first-order valence-corrected chi connectivity index (χ1v) is 10.5. The first-order valence-electron chi connectivity index (χ1n) is 10.5. The molecule has 1 saturated heterocycles. The molecular formula is C22H28FN3O6. The van der Waals surface area contributed by atoms with Crippen molar-refractivity contribution in [1.82, 2.24) is 14.9 Å². The van der Waals surface area contributed by atoms with Crippen LogP contribution in [0.1, 0.15) is 38.7 Å². The van der Waals surface area contributed by atoms with Crippen molar-refractivity contribution in [3.63, 3.8) is 0 Å². The van der Waals surface area contributed by atoms with Gasteiger partial charge in [0.15, 0.2) is 17.8 Å². The zero-order chi connectivity index (χ0) is 23.1. The summed E-state index contributed by atoms with van der Waals surface area (Å²) in [5.41, 5.74) is 0.439. The maximum atomic E-state index is 14.5. The van der Waals surface area contributed by atoms with Crippen LogP contribution >= 0.6 is 0 Å². The Morgan fingerprint density at radius 2 is 2.03 bits per heavy atom. The van der Waals surface area contributed by atoms with Gasteiger partial charge in [0.25, 0.3) is 0 Å². The summed E-state index contributed by atoms with van der Waals surface area (Å²) in [6.07, 6.45) is 1.84. The Kier molecular flexibility index (Phi) is 8.04. The lowest BCUT2D eigenvalue weighted by Crippen LogP contribution is -2.46. The van der Waals surface area contributed by atoms with Crippen LogP contribution in [0.2, 0.25) is 0 Å². The number of hydrogen-bond acceptors (Lipinski definition) is 7. The third-order valence-corrected chi connectivity index (χ3v) is 4.85. The molecule has 0 aliphatic carbocycles. The Hall–Kier alpha value is -3.14. The van der Waals surface area contributed by atoms with Gasteiger partial charge in [-0.15, -0.1) is 0 Å². The molecule has 1 fully saturated rings. The van der Waals surface area contributed by atoms with E-state index in [0.717, 1.165) is 12.8 Å². The number of aromatic nitrogens is 2. The molecule has 1 unspecified atom stereocenters. The molecular weight excluding hydrogens is 421 g/mol. The van der Waals surface area contributed by atoms with Gasteiger partial charge >= 0.3 is 6.09 Å². The lowest BCUT2D eigenvalue weighted by Gasteiger charge is -2.33. The average molecular weight is 449 g/mol. The van der Waals surface area contributed by atoms with Crippen LogP contribution in [0.15, 0.2) is 24.5 Å². The van der Waals surface area contributed by atoms with E-state index in [1.54, 1.807) is 13.0 Å². The van der Waals surface area contributed by atoms with Crippen molar-refractivity contribution in [1.29, 1.82) is 0 Å². The number of benzene rings is 1. The van der Waals surface area contributed by atoms with E-state index in [0.29, 0.717) is 37.5 Å². The molecule has 1 aromatic heterocycles. The SMILES string of the molecule is Cc1c(Oc2ccc(OCCOC(C)C)cc2F)ncnc1OC1CCCCN1C(=O)O. The summed E-state index contributed by atoms with van der Waals surface area (Å²) in [5.74, 6) is 0.0198. The number of halogens is 1. The molecule has 0 spiro atoms. The second-order valence-corrected chi connectivity index (χ2v) is 7.62. The second-order valence-electron chi connectivity index (χ2n) is 7.62. The standard InChI is InChI=1S/C22H28FN3O6/c1-14(2)29-10-11-30-16-7-8-18(17(23)12-16)31-20-15(3)21(25-13-24-20)32-19-6-4-5-9-26(19)22(27)28/h7-8,12-14,19H,4-6,9-11H2,1-3H3,(H,27,28). The normalized spacial score (nSPS) is 16.2. The molecule has 9 nitrogen and oxygen atoms in total. The van der Waals surface area contributed by atoms with Gasteiger partial charge in [-0.25, -0.2) is 19.2 Å². The fraction of sp³-hybridized carbons (Fsp3) is 0.500. The van der Waals surface area contributed by atoms with Gasteiger partial charge < -0.3 is 24.1 Å². The minimum Gasteiger partial charge on any atom is -0.491 e. The molecule has 1 aliphatic rings. The highest BCUT2D eigenvalue weighted by Crippen LogP contribution is 2.32. The van der Waals surface area contributed by atoms with Crippen LogP contribution in [-0.4, -0.2) is 58.2 Å². The predicted octanol–water partition coefficient (Wildman–Crippen LogP) is 4.39. The van der Waals surface area contributed by atoms with Gasteiger partial charge in [0, 0.05) is 19.0 Å². The topological polar surface area (TPSA) is 103 Å². The summed E-state index contributed by atoms with van der Waals surface area (Å²) < 4.78 is 36.9. The number of carbonyl (C=O) groups is 1. The van der Waals surface area contributed by atoms with E-state index < -0.39 is 18.1 Å². The van der Waals surface area contributed by atoms with Crippen molar-refractivity contribution < 1.29 is 33.2 Å². The zero-order valence-corrected chi connectivity index (χ0v) is 18.4. The predicted molar refractivity (Wildman–Crippen MR) is 113 cm³/mol. The number of nitrogens with zero attached hydrogens (tertiary/aromatic N) is 3. The summed E-state index contributed by atoms with van der Waals surface area (Å²) in [5, 5.41) is 9.38. The fourth-order valence-corrected chi connectivity index (χ4v) is 3.21. The molecule has 0 saturated carbocycles. The zero-order valence-electron chi connectivity index (χ0n) is 18.4. The molecule has 2 heterocycles. The number of hydrogen-bond donors (Lipinski definition) is 1. The Bertz CT molecular complexity index is 927. The van der Waals surface area contributed by atoms with Crippen molar-refractivity contribution in [2.24, 2.45) is 0 Å². The lowest BCUT2D eigenvalue weighted by atomic mass is 10.1. The van der Waals surface area contributed by atoms with Crippen molar-refractivity contribution >= 4 is 6.09 Å². The van der Waals surface area contributed by atoms with Gasteiger partial charge in [0.05, 0.1) is 18.3 Å². The van der Waals surface area contributed by atoms with Crippen LogP contribution in [0.3, 0.4) is 0 Å². The van der Waals surface area contributed by atoms with Gasteiger partial charge in [-0.05, 0) is 45.7 Å². The van der Waals surface area contributed by atoms with Crippen LogP contribution < -0.4 is 14.2 Å². The lowest BCUT2D eigenvalue weighted by molar-refractivity contribution is 0.00273. The highest BCUT2D eigenvalue weighted by molar-refractivity contribution is 5.65. The van der Waals surface area contributed by atoms with Crippen LogP contribution in [-0.2, 0) is 4.74 Å². The van der Waals surface area contributed by atoms with E-state index >= 15 is 0 Å². The smallest absolute Gasteiger partial charge is 0.410 e. The third kappa shape index (κ3) is 6.19. The van der Waals surface area contributed by atoms with Crippen molar-refractivity contribution in [3.8, 4) is 23.3 Å². The van der Waals surface area contributed by atoms with Crippen molar-refractivity contribution in [2.75, 3.05) is 19.8 Å². The van der Waals surface area contributed by atoms with Crippen molar-refractivity contribution in [2.45, 2.75) is 52.4 Å². The first-order chi connectivity index (χ1) is 15.3. The van der Waals surface area contributed by atoms with E-state index in [4.69, 9.17) is 18.9 Å². The largest absolute Gasteiger partial charge is 0.491 e. The molecule has 32 heavy (non-hydrogen) atoms. The molecule has 1 amide bonds. The summed E-state index contributed by atoms with van der Waals surface area (Å²) in [6.45, 7) is 6.63. The number of piperidine rings is 1. The number of carboxylic acid groups (broad SMARTS) is 1. The van der Waals surface area contributed by atoms with Gasteiger partial charge in [-0.2, -0.15) is 0 Å². The molecule has 1 N–H and O–H groups in total. The summed E-state index contributed by atoms with van der Waals surface area (Å²) >= 11 is 0. The molecule has 1 aromatic carbocycles. The molecule has 2 aromatic rings. The van der Waals surface area contributed by atoms with Crippen LogP contribution in [0.4, 0.5) is 9.18 Å². The van der Waals surface area contributed by atoms with E-state index in [9.17, 15) is 14.3 Å². The maximum absolute atomic E-state index is 14.5. The van der Waals surface area contributed by atoms with Gasteiger partial charge in [0.1, 0.15) is 18.7 Å². The highest BCUT2D eigenvalue weighted by atomic mass is 19.1. The number of rotatable bonds is 9. The molecule has 1 atom stereocenters. The summed E-state index contributed by atoms with van der Waals surface area (Å²) in [4.78, 5) is 20.9. The third-order valence-electron chi connectivity index (χ3n) is 4.85. The average Bonchev–Trinajstić information content (AvgIpc) is 2.75. The highest BCUT2D eigenvalue weighted by Gasteiger charge is 2.29. The minimum atomic E-state index is -1.04. The molecule has 10 heteroatoms.